The Balaban J connectivity index is 1.93. The van der Waals surface area contributed by atoms with Crippen molar-refractivity contribution in [1.29, 1.82) is 0 Å². The average molecular weight is 195 g/mol. The van der Waals surface area contributed by atoms with E-state index in [0.29, 0.717) is 11.5 Å². The van der Waals surface area contributed by atoms with Crippen LogP contribution in [0, 0.1) is 11.3 Å². The maximum absolute atomic E-state index is 6.30. The molecule has 0 aromatic rings. The van der Waals surface area contributed by atoms with Gasteiger partial charge in [0.25, 0.3) is 0 Å². The first-order chi connectivity index (χ1) is 6.78. The summed E-state index contributed by atoms with van der Waals surface area (Å²) in [6.07, 6.45) is 12.8. The predicted octanol–water partition coefficient (Wildman–Crippen LogP) is 3.47. The molecule has 0 aromatic carbocycles. The largest absolute Gasteiger partial charge is 0.327 e. The molecule has 0 radical (unpaired) electrons. The van der Waals surface area contributed by atoms with Crippen LogP contribution in [-0.4, -0.2) is 6.04 Å². The topological polar surface area (TPSA) is 26.0 Å². The smallest absolute Gasteiger partial charge is 0.00723 e. The third-order valence-corrected chi connectivity index (χ3v) is 4.73. The molecule has 0 bridgehead atoms. The van der Waals surface area contributed by atoms with E-state index in [0.717, 1.165) is 5.92 Å². The van der Waals surface area contributed by atoms with Gasteiger partial charge in [0, 0.05) is 6.04 Å². The van der Waals surface area contributed by atoms with Gasteiger partial charge in [0.15, 0.2) is 0 Å². The Morgan fingerprint density at radius 3 is 2.43 bits per heavy atom. The van der Waals surface area contributed by atoms with Crippen molar-refractivity contribution in [2.75, 3.05) is 0 Å². The van der Waals surface area contributed by atoms with E-state index in [-0.39, 0.29) is 0 Å². The van der Waals surface area contributed by atoms with Gasteiger partial charge in [-0.3, -0.25) is 0 Å². The third-order valence-electron chi connectivity index (χ3n) is 4.73. The minimum Gasteiger partial charge on any atom is -0.327 e. The van der Waals surface area contributed by atoms with Crippen LogP contribution in [0.4, 0.5) is 0 Å². The fourth-order valence-corrected chi connectivity index (χ4v) is 3.80. The van der Waals surface area contributed by atoms with Crippen LogP contribution in [0.1, 0.15) is 64.7 Å². The summed E-state index contributed by atoms with van der Waals surface area (Å²) in [5.41, 5.74) is 7.01. The first kappa shape index (κ1) is 10.5. The average Bonchev–Trinajstić information content (AvgIpc) is 2.18. The van der Waals surface area contributed by atoms with Crippen molar-refractivity contribution in [1.82, 2.24) is 0 Å². The van der Waals surface area contributed by atoms with Crippen molar-refractivity contribution in [3.05, 3.63) is 0 Å². The zero-order chi connectivity index (χ0) is 10.0. The van der Waals surface area contributed by atoms with E-state index in [1.165, 1.54) is 57.8 Å². The van der Waals surface area contributed by atoms with Crippen LogP contribution >= 0.6 is 0 Å². The molecule has 0 aromatic heterocycles. The van der Waals surface area contributed by atoms with E-state index in [9.17, 15) is 0 Å². The van der Waals surface area contributed by atoms with Gasteiger partial charge in [-0.15, -0.1) is 0 Å². The lowest BCUT2D eigenvalue weighted by Gasteiger charge is -2.54. The van der Waals surface area contributed by atoms with Crippen LogP contribution in [0.15, 0.2) is 0 Å². The van der Waals surface area contributed by atoms with E-state index in [4.69, 9.17) is 5.73 Å². The molecule has 0 heterocycles. The van der Waals surface area contributed by atoms with Crippen molar-refractivity contribution in [2.45, 2.75) is 70.8 Å². The molecule has 82 valence electrons. The normalized spacial score (nSPS) is 32.6. The second kappa shape index (κ2) is 4.22. The Bertz CT molecular complexity index is 182. The van der Waals surface area contributed by atoms with Gasteiger partial charge in [0.1, 0.15) is 0 Å². The molecular weight excluding hydrogens is 170 g/mol. The number of hydrogen-bond acceptors (Lipinski definition) is 1. The van der Waals surface area contributed by atoms with E-state index in [1.807, 2.05) is 0 Å². The number of nitrogens with two attached hydrogens (primary N) is 1. The molecule has 0 amide bonds. The first-order valence-electron chi connectivity index (χ1n) is 6.54. The van der Waals surface area contributed by atoms with Gasteiger partial charge in [0.2, 0.25) is 0 Å². The lowest BCUT2D eigenvalue weighted by molar-refractivity contribution is -0.0261. The fourth-order valence-electron chi connectivity index (χ4n) is 3.80. The lowest BCUT2D eigenvalue weighted by atomic mass is 9.52. The third kappa shape index (κ3) is 1.71. The van der Waals surface area contributed by atoms with Crippen LogP contribution < -0.4 is 5.73 Å². The van der Waals surface area contributed by atoms with E-state index >= 15 is 0 Å². The number of hydrogen-bond donors (Lipinski definition) is 1. The summed E-state index contributed by atoms with van der Waals surface area (Å²) in [7, 11) is 0. The van der Waals surface area contributed by atoms with Gasteiger partial charge in [-0.1, -0.05) is 32.6 Å². The van der Waals surface area contributed by atoms with Gasteiger partial charge in [-0.2, -0.15) is 0 Å². The fraction of sp³-hybridized carbons (Fsp3) is 1.00. The molecule has 0 saturated heterocycles. The van der Waals surface area contributed by atoms with Crippen LogP contribution in [0.25, 0.3) is 0 Å². The molecule has 14 heavy (non-hydrogen) atoms. The molecule has 0 aliphatic heterocycles. The summed E-state index contributed by atoms with van der Waals surface area (Å²) >= 11 is 0. The van der Waals surface area contributed by atoms with Gasteiger partial charge in [0.05, 0.1) is 0 Å². The molecule has 2 atom stereocenters. The minimum atomic E-state index is 0.506. The predicted molar refractivity (Wildman–Crippen MR) is 61.1 cm³/mol. The monoisotopic (exact) mass is 195 g/mol. The van der Waals surface area contributed by atoms with E-state index in [1.54, 1.807) is 0 Å². The minimum absolute atomic E-state index is 0.506. The Kier molecular flexibility index (Phi) is 3.16. The van der Waals surface area contributed by atoms with Crippen molar-refractivity contribution in [3.8, 4) is 0 Å². The number of rotatable bonds is 3. The van der Waals surface area contributed by atoms with Crippen LogP contribution in [0.3, 0.4) is 0 Å². The summed E-state index contributed by atoms with van der Waals surface area (Å²) in [6.45, 7) is 2.26. The highest BCUT2D eigenvalue weighted by molar-refractivity contribution is 5.00. The summed E-state index contributed by atoms with van der Waals surface area (Å²) in [6, 6.07) is 0.506. The van der Waals surface area contributed by atoms with Gasteiger partial charge >= 0.3 is 0 Å². The molecule has 2 rings (SSSR count). The van der Waals surface area contributed by atoms with Crippen molar-refractivity contribution >= 4 is 0 Å². The molecule has 2 N–H and O–H groups in total. The molecule has 1 heteroatoms. The standard InChI is InChI=1S/C13H25N/c1-2-6-12(14)11-7-10-13(11)8-4-3-5-9-13/h11-12H,2-10,14H2,1H3. The summed E-state index contributed by atoms with van der Waals surface area (Å²) in [4.78, 5) is 0. The second-order valence-electron chi connectivity index (χ2n) is 5.52. The molecule has 2 aliphatic rings. The van der Waals surface area contributed by atoms with Crippen molar-refractivity contribution < 1.29 is 0 Å². The van der Waals surface area contributed by atoms with Crippen molar-refractivity contribution in [2.24, 2.45) is 17.1 Å². The zero-order valence-corrected chi connectivity index (χ0v) is 9.60. The highest BCUT2D eigenvalue weighted by Gasteiger charge is 2.48. The van der Waals surface area contributed by atoms with Crippen LogP contribution in [-0.2, 0) is 0 Å². The highest BCUT2D eigenvalue weighted by atomic mass is 14.7. The summed E-state index contributed by atoms with van der Waals surface area (Å²) in [5, 5.41) is 0. The molecule has 1 nitrogen and oxygen atoms in total. The molecule has 2 unspecified atom stereocenters. The molecule has 1 spiro atoms. The Hall–Kier alpha value is -0.0400. The van der Waals surface area contributed by atoms with Gasteiger partial charge < -0.3 is 5.73 Å². The maximum atomic E-state index is 6.30. The van der Waals surface area contributed by atoms with Gasteiger partial charge in [-0.05, 0) is 43.4 Å². The summed E-state index contributed by atoms with van der Waals surface area (Å²) in [5.74, 6) is 0.878. The Morgan fingerprint density at radius 2 is 1.93 bits per heavy atom. The maximum Gasteiger partial charge on any atom is 0.00723 e. The Morgan fingerprint density at radius 1 is 1.21 bits per heavy atom. The zero-order valence-electron chi connectivity index (χ0n) is 9.60. The van der Waals surface area contributed by atoms with Crippen LogP contribution in [0.2, 0.25) is 0 Å². The quantitative estimate of drug-likeness (QED) is 0.733. The first-order valence-corrected chi connectivity index (χ1v) is 6.54. The lowest BCUT2D eigenvalue weighted by Crippen LogP contribution is -2.50. The SMILES string of the molecule is CCCC(N)C1CCC12CCCCC2. The van der Waals surface area contributed by atoms with E-state index in [2.05, 4.69) is 6.92 Å². The highest BCUT2D eigenvalue weighted by Crippen LogP contribution is 2.57. The van der Waals surface area contributed by atoms with Crippen molar-refractivity contribution in [3.63, 3.8) is 0 Å². The van der Waals surface area contributed by atoms with E-state index < -0.39 is 0 Å². The second-order valence-corrected chi connectivity index (χ2v) is 5.52. The molecular formula is C13H25N. The molecule has 2 saturated carbocycles. The molecule has 2 aliphatic carbocycles. The van der Waals surface area contributed by atoms with Gasteiger partial charge in [-0.25, -0.2) is 0 Å². The molecule has 2 fully saturated rings. The Labute approximate surface area is 88.4 Å². The summed E-state index contributed by atoms with van der Waals surface area (Å²) < 4.78 is 0. The van der Waals surface area contributed by atoms with Crippen LogP contribution in [0.5, 0.6) is 0 Å².